The van der Waals surface area contributed by atoms with Gasteiger partial charge in [-0.3, -0.25) is 24.6 Å². The molecule has 3 fully saturated rings. The summed E-state index contributed by atoms with van der Waals surface area (Å²) < 4.78 is 0. The van der Waals surface area contributed by atoms with Crippen molar-refractivity contribution in [2.45, 2.75) is 50.7 Å². The molecule has 5 amide bonds. The van der Waals surface area contributed by atoms with Crippen molar-refractivity contribution in [2.75, 3.05) is 18.0 Å². The van der Waals surface area contributed by atoms with Crippen LogP contribution in [0.2, 0.25) is 0 Å². The predicted molar refractivity (Wildman–Crippen MR) is 99.6 cm³/mol. The van der Waals surface area contributed by atoms with Crippen molar-refractivity contribution < 1.29 is 19.2 Å². The lowest BCUT2D eigenvalue weighted by molar-refractivity contribution is -0.136. The van der Waals surface area contributed by atoms with Crippen molar-refractivity contribution in [3.05, 3.63) is 29.3 Å². The minimum absolute atomic E-state index is 0.0380. The van der Waals surface area contributed by atoms with Crippen LogP contribution in [-0.2, 0) is 16.1 Å². The van der Waals surface area contributed by atoms with E-state index in [9.17, 15) is 19.2 Å². The number of urea groups is 1. The fourth-order valence-corrected chi connectivity index (χ4v) is 4.56. The number of nitrogens with zero attached hydrogens (tertiary/aromatic N) is 3. The number of amides is 5. The Balaban J connectivity index is 1.35. The van der Waals surface area contributed by atoms with Gasteiger partial charge in [0.05, 0.1) is 0 Å². The van der Waals surface area contributed by atoms with Crippen LogP contribution in [0.4, 0.5) is 10.5 Å². The number of rotatable bonds is 3. The summed E-state index contributed by atoms with van der Waals surface area (Å²) in [4.78, 5) is 54.4. The van der Waals surface area contributed by atoms with E-state index in [1.165, 1.54) is 11.3 Å². The normalized spacial score (nSPS) is 25.3. The molecule has 8 heteroatoms. The zero-order chi connectivity index (χ0) is 19.4. The Morgan fingerprint density at radius 1 is 0.964 bits per heavy atom. The van der Waals surface area contributed by atoms with E-state index < -0.39 is 11.9 Å². The quantitative estimate of drug-likeness (QED) is 0.797. The number of nitrogens with one attached hydrogen (secondary N) is 1. The van der Waals surface area contributed by atoms with E-state index in [0.717, 1.165) is 30.6 Å². The molecule has 4 aliphatic rings. The number of hydrogen-bond acceptors (Lipinski definition) is 4. The fraction of sp³-hybridized carbons (Fsp3) is 0.500. The van der Waals surface area contributed by atoms with E-state index >= 15 is 0 Å². The maximum Gasteiger partial charge on any atom is 0.324 e. The van der Waals surface area contributed by atoms with Crippen LogP contribution in [0.5, 0.6) is 0 Å². The third-order valence-corrected chi connectivity index (χ3v) is 6.38. The van der Waals surface area contributed by atoms with Crippen LogP contribution in [0.15, 0.2) is 18.2 Å². The highest BCUT2D eigenvalue weighted by Gasteiger charge is 2.40. The molecule has 1 aromatic rings. The van der Waals surface area contributed by atoms with Gasteiger partial charge in [-0.05, 0) is 49.4 Å². The number of piperidine rings is 1. The molecule has 0 spiro atoms. The van der Waals surface area contributed by atoms with Crippen molar-refractivity contribution in [3.63, 3.8) is 0 Å². The monoisotopic (exact) mass is 382 g/mol. The summed E-state index contributed by atoms with van der Waals surface area (Å²) in [5.41, 5.74) is 2.18. The number of anilines is 1. The van der Waals surface area contributed by atoms with Crippen LogP contribution < -0.4 is 10.2 Å². The molecule has 3 heterocycles. The van der Waals surface area contributed by atoms with E-state index in [-0.39, 0.29) is 24.3 Å². The second kappa shape index (κ2) is 6.32. The van der Waals surface area contributed by atoms with Crippen LogP contribution in [0.25, 0.3) is 0 Å². The Bertz CT molecular complexity index is 894. The lowest BCUT2D eigenvalue weighted by Gasteiger charge is -2.34. The lowest BCUT2D eigenvalue weighted by Crippen LogP contribution is -2.52. The van der Waals surface area contributed by atoms with Crippen LogP contribution in [0.3, 0.4) is 0 Å². The third-order valence-electron chi connectivity index (χ3n) is 6.38. The molecular formula is C20H22N4O4. The first-order valence-corrected chi connectivity index (χ1v) is 9.88. The van der Waals surface area contributed by atoms with Crippen LogP contribution >= 0.6 is 0 Å². The highest BCUT2D eigenvalue weighted by molar-refractivity contribution is 6.06. The summed E-state index contributed by atoms with van der Waals surface area (Å²) in [7, 11) is 0. The molecule has 1 aromatic carbocycles. The molecular weight excluding hydrogens is 360 g/mol. The molecule has 0 aromatic heterocycles. The van der Waals surface area contributed by atoms with Crippen LogP contribution in [-0.4, -0.2) is 58.7 Å². The van der Waals surface area contributed by atoms with E-state index in [1.54, 1.807) is 11.0 Å². The number of fused-ring (bicyclic) bond motifs is 1. The van der Waals surface area contributed by atoms with E-state index in [4.69, 9.17) is 0 Å². The van der Waals surface area contributed by atoms with Gasteiger partial charge < -0.3 is 9.80 Å². The Kier molecular flexibility index (Phi) is 3.89. The number of imide groups is 1. The third kappa shape index (κ3) is 2.58. The van der Waals surface area contributed by atoms with E-state index in [1.807, 2.05) is 17.0 Å². The number of benzene rings is 1. The largest absolute Gasteiger partial charge is 0.324 e. The zero-order valence-electron chi connectivity index (χ0n) is 15.5. The molecule has 28 heavy (non-hydrogen) atoms. The van der Waals surface area contributed by atoms with Gasteiger partial charge in [-0.2, -0.15) is 0 Å². The van der Waals surface area contributed by atoms with Gasteiger partial charge in [0.15, 0.2) is 0 Å². The van der Waals surface area contributed by atoms with Gasteiger partial charge in [0.1, 0.15) is 6.04 Å². The molecule has 2 saturated heterocycles. The Morgan fingerprint density at radius 3 is 2.50 bits per heavy atom. The van der Waals surface area contributed by atoms with Crippen molar-refractivity contribution >= 4 is 29.4 Å². The molecule has 146 valence electrons. The van der Waals surface area contributed by atoms with E-state index in [0.29, 0.717) is 31.1 Å². The zero-order valence-corrected chi connectivity index (χ0v) is 15.5. The lowest BCUT2D eigenvalue weighted by atomic mass is 9.92. The van der Waals surface area contributed by atoms with Gasteiger partial charge in [-0.15, -0.1) is 0 Å². The first kappa shape index (κ1) is 17.2. The first-order chi connectivity index (χ1) is 13.5. The van der Waals surface area contributed by atoms with Gasteiger partial charge >= 0.3 is 6.03 Å². The average molecular weight is 382 g/mol. The Labute approximate surface area is 162 Å². The number of carbonyl (C=O) groups is 4. The first-order valence-electron chi connectivity index (χ1n) is 9.88. The molecule has 1 saturated carbocycles. The molecule has 1 aliphatic carbocycles. The average Bonchev–Trinajstić information content (AvgIpc) is 3.14. The molecule has 3 aliphatic heterocycles. The van der Waals surface area contributed by atoms with Crippen molar-refractivity contribution in [2.24, 2.45) is 0 Å². The smallest absolute Gasteiger partial charge is 0.322 e. The molecule has 5 rings (SSSR count). The number of hydrogen-bond donors (Lipinski definition) is 1. The predicted octanol–water partition coefficient (Wildman–Crippen LogP) is 1.24. The molecule has 1 unspecified atom stereocenters. The SMILES string of the molecule is O=C1CCC(N2Cc3cc(N4CCN(C5CCC5)C4=O)ccc3C2=O)C(=O)N1. The highest BCUT2D eigenvalue weighted by atomic mass is 16.2. The van der Waals surface area contributed by atoms with Gasteiger partial charge in [0.2, 0.25) is 11.8 Å². The second-order valence-electron chi connectivity index (χ2n) is 7.95. The Hall–Kier alpha value is -2.90. The topological polar surface area (TPSA) is 90.0 Å². The van der Waals surface area contributed by atoms with Crippen LogP contribution in [0.1, 0.15) is 48.0 Å². The maximum absolute atomic E-state index is 12.8. The molecule has 8 nitrogen and oxygen atoms in total. The summed E-state index contributed by atoms with van der Waals surface area (Å²) in [5.74, 6) is -0.903. The van der Waals surface area contributed by atoms with Crippen LogP contribution in [0, 0.1) is 0 Å². The summed E-state index contributed by atoms with van der Waals surface area (Å²) in [5, 5.41) is 2.31. The Morgan fingerprint density at radius 2 is 1.79 bits per heavy atom. The van der Waals surface area contributed by atoms with Gasteiger partial charge in [-0.1, -0.05) is 0 Å². The minimum atomic E-state index is -0.622. The maximum atomic E-state index is 12.8. The molecule has 0 radical (unpaired) electrons. The highest BCUT2D eigenvalue weighted by Crippen LogP contribution is 2.33. The van der Waals surface area contributed by atoms with E-state index in [2.05, 4.69) is 5.32 Å². The van der Waals surface area contributed by atoms with Gasteiger partial charge in [0, 0.05) is 43.3 Å². The standard InChI is InChI=1S/C20H22N4O4/c25-17-7-6-16(18(26)21-17)24-11-12-10-14(4-5-15(12)19(24)27)23-9-8-22(20(23)28)13-2-1-3-13/h4-5,10,13,16H,1-3,6-9,11H2,(H,21,25,26). The summed E-state index contributed by atoms with van der Waals surface area (Å²) in [6.07, 6.45) is 3.93. The summed E-state index contributed by atoms with van der Waals surface area (Å²) in [6, 6.07) is 5.24. The molecule has 1 atom stereocenters. The summed E-state index contributed by atoms with van der Waals surface area (Å²) in [6.45, 7) is 1.71. The number of carbonyl (C=O) groups excluding carboxylic acids is 4. The van der Waals surface area contributed by atoms with Crippen molar-refractivity contribution in [1.82, 2.24) is 15.1 Å². The van der Waals surface area contributed by atoms with Crippen molar-refractivity contribution in [1.29, 1.82) is 0 Å². The van der Waals surface area contributed by atoms with Gasteiger partial charge in [0.25, 0.3) is 5.91 Å². The minimum Gasteiger partial charge on any atom is -0.322 e. The van der Waals surface area contributed by atoms with Gasteiger partial charge in [-0.25, -0.2) is 4.79 Å². The molecule has 0 bridgehead atoms. The second-order valence-corrected chi connectivity index (χ2v) is 7.95. The fourth-order valence-electron chi connectivity index (χ4n) is 4.56. The summed E-state index contributed by atoms with van der Waals surface area (Å²) >= 11 is 0. The molecule has 1 N–H and O–H groups in total. The van der Waals surface area contributed by atoms with Crippen molar-refractivity contribution in [3.8, 4) is 0 Å².